The molecule has 0 radical (unpaired) electrons. The topological polar surface area (TPSA) is 96.0 Å². The molecule has 2 aromatic rings. The summed E-state index contributed by atoms with van der Waals surface area (Å²) in [7, 11) is -3.57. The summed E-state index contributed by atoms with van der Waals surface area (Å²) in [6.07, 6.45) is -10.5. The molecule has 1 N–H and O–H groups in total. The van der Waals surface area contributed by atoms with Crippen molar-refractivity contribution in [3.8, 4) is 0 Å². The normalized spacial score (nSPS) is 18.9. The maximum absolute atomic E-state index is 14.3. The summed E-state index contributed by atoms with van der Waals surface area (Å²) in [5.74, 6) is -1.28. The molecule has 0 saturated carbocycles. The Bertz CT molecular complexity index is 1390. The van der Waals surface area contributed by atoms with E-state index in [1.165, 1.54) is 30.0 Å². The molecule has 1 fully saturated rings. The third-order valence-electron chi connectivity index (χ3n) is 7.02. The summed E-state index contributed by atoms with van der Waals surface area (Å²) in [4.78, 5) is 26.9. The van der Waals surface area contributed by atoms with Crippen molar-refractivity contribution in [2.45, 2.75) is 42.3 Å². The molecule has 2 aliphatic heterocycles. The molecule has 15 heteroatoms. The predicted molar refractivity (Wildman–Crippen MR) is 130 cm³/mol. The molecule has 218 valence electrons. The summed E-state index contributed by atoms with van der Waals surface area (Å²) in [6, 6.07) is 6.02. The number of nitrogens with zero attached hydrogens (tertiary/aromatic N) is 2. The fourth-order valence-electron chi connectivity index (χ4n) is 5.17. The van der Waals surface area contributed by atoms with Gasteiger partial charge in [0.25, 0.3) is 5.91 Å². The smallest absolute Gasteiger partial charge is 0.379 e. The van der Waals surface area contributed by atoms with E-state index in [4.69, 9.17) is 4.74 Å². The molecule has 8 nitrogen and oxygen atoms in total. The van der Waals surface area contributed by atoms with E-state index in [1.807, 2.05) is 0 Å². The van der Waals surface area contributed by atoms with Crippen LogP contribution >= 0.6 is 0 Å². The van der Waals surface area contributed by atoms with Crippen LogP contribution in [0.4, 0.5) is 32.0 Å². The lowest BCUT2D eigenvalue weighted by atomic mass is 9.85. The second-order valence-corrected chi connectivity index (χ2v) is 11.6. The SMILES string of the molecule is CC(=O)N1Cc2cc(S(C)(=O)=O)ccc2C1C(=O)Nc1ccc(C(N2CCOCC2)(C(F)(F)F)C(F)(F)F)cc1. The number of alkyl halides is 6. The zero-order chi connectivity index (χ0) is 29.7. The van der Waals surface area contributed by atoms with E-state index in [9.17, 15) is 44.3 Å². The van der Waals surface area contributed by atoms with Crippen LogP contribution in [-0.2, 0) is 36.2 Å². The summed E-state index contributed by atoms with van der Waals surface area (Å²) in [5.41, 5.74) is -4.70. The van der Waals surface area contributed by atoms with Gasteiger partial charge in [0.15, 0.2) is 9.84 Å². The molecule has 40 heavy (non-hydrogen) atoms. The molecule has 1 atom stereocenters. The Morgan fingerprint density at radius 2 is 1.52 bits per heavy atom. The van der Waals surface area contributed by atoms with Crippen molar-refractivity contribution in [2.75, 3.05) is 37.9 Å². The fourth-order valence-corrected chi connectivity index (χ4v) is 5.84. The fraction of sp³-hybridized carbons (Fsp3) is 0.440. The van der Waals surface area contributed by atoms with E-state index >= 15 is 0 Å². The average molecular weight is 594 g/mol. The van der Waals surface area contributed by atoms with Crippen molar-refractivity contribution >= 4 is 27.3 Å². The van der Waals surface area contributed by atoms with Crippen LogP contribution in [0.2, 0.25) is 0 Å². The van der Waals surface area contributed by atoms with Gasteiger partial charge in [-0.2, -0.15) is 26.3 Å². The first-order chi connectivity index (χ1) is 18.5. The number of halogens is 6. The van der Waals surface area contributed by atoms with Gasteiger partial charge in [-0.25, -0.2) is 8.42 Å². The molecule has 0 aromatic heterocycles. The summed E-state index contributed by atoms with van der Waals surface area (Å²) < 4.78 is 114. The van der Waals surface area contributed by atoms with E-state index in [1.54, 1.807) is 0 Å². The van der Waals surface area contributed by atoms with E-state index in [2.05, 4.69) is 5.32 Å². The van der Waals surface area contributed by atoms with E-state index < -0.39 is 64.2 Å². The number of fused-ring (bicyclic) bond motifs is 1. The van der Waals surface area contributed by atoms with Crippen LogP contribution in [0.1, 0.15) is 29.7 Å². The van der Waals surface area contributed by atoms with Crippen LogP contribution in [-0.4, -0.2) is 74.9 Å². The third kappa shape index (κ3) is 5.17. The first-order valence-electron chi connectivity index (χ1n) is 12.0. The van der Waals surface area contributed by atoms with Crippen molar-refractivity contribution in [2.24, 2.45) is 0 Å². The molecule has 0 aliphatic carbocycles. The van der Waals surface area contributed by atoms with Crippen molar-refractivity contribution in [1.82, 2.24) is 9.80 Å². The third-order valence-corrected chi connectivity index (χ3v) is 8.13. The van der Waals surface area contributed by atoms with Crippen LogP contribution in [0.25, 0.3) is 0 Å². The van der Waals surface area contributed by atoms with Crippen LogP contribution in [0.3, 0.4) is 0 Å². The molecule has 1 saturated heterocycles. The van der Waals surface area contributed by atoms with Crippen molar-refractivity contribution < 1.29 is 49.1 Å². The number of benzene rings is 2. The molecule has 2 amide bonds. The Labute approximate surface area is 225 Å². The molecular weight excluding hydrogens is 568 g/mol. The predicted octanol–water partition coefficient (Wildman–Crippen LogP) is 3.78. The monoisotopic (exact) mass is 593 g/mol. The minimum Gasteiger partial charge on any atom is -0.379 e. The number of morpholine rings is 1. The maximum atomic E-state index is 14.3. The van der Waals surface area contributed by atoms with Crippen LogP contribution in [0.5, 0.6) is 0 Å². The van der Waals surface area contributed by atoms with Gasteiger partial charge in [-0.05, 0) is 41.0 Å². The minimum atomic E-state index is -5.73. The number of hydrogen-bond donors (Lipinski definition) is 1. The van der Waals surface area contributed by atoms with Gasteiger partial charge in [0, 0.05) is 38.5 Å². The number of rotatable bonds is 5. The zero-order valence-electron chi connectivity index (χ0n) is 21.3. The summed E-state index contributed by atoms with van der Waals surface area (Å²) in [6.45, 7) is -0.657. The highest BCUT2D eigenvalue weighted by Crippen LogP contribution is 2.54. The Morgan fingerprint density at radius 3 is 2.02 bits per heavy atom. The van der Waals surface area contributed by atoms with Gasteiger partial charge in [0.2, 0.25) is 11.4 Å². The number of carbonyl (C=O) groups is 2. The lowest BCUT2D eigenvalue weighted by Gasteiger charge is -2.47. The second-order valence-electron chi connectivity index (χ2n) is 9.55. The number of anilines is 1. The molecule has 4 rings (SSSR count). The van der Waals surface area contributed by atoms with Crippen LogP contribution in [0, 0.1) is 0 Å². The number of sulfone groups is 1. The number of hydrogen-bond acceptors (Lipinski definition) is 6. The van der Waals surface area contributed by atoms with Crippen molar-refractivity contribution in [3.63, 3.8) is 0 Å². The molecule has 0 bridgehead atoms. The van der Waals surface area contributed by atoms with Crippen molar-refractivity contribution in [3.05, 3.63) is 59.2 Å². The number of nitrogens with one attached hydrogen (secondary N) is 1. The lowest BCUT2D eigenvalue weighted by Crippen LogP contribution is -2.66. The highest BCUT2D eigenvalue weighted by Gasteiger charge is 2.74. The standard InChI is InChI=1S/C25H25F6N3O5S/c1-15(35)34-14-16-13-19(40(2,37)38)7-8-20(16)21(34)22(36)32-18-5-3-17(4-6-18)23(24(26,27)28,25(29,30)31)33-9-11-39-12-10-33/h3-8,13,21H,9-12,14H2,1-2H3,(H,32,36). The molecule has 2 aliphatic rings. The van der Waals surface area contributed by atoms with E-state index in [0.29, 0.717) is 28.2 Å². The van der Waals surface area contributed by atoms with Gasteiger partial charge in [-0.15, -0.1) is 0 Å². The van der Waals surface area contributed by atoms with Gasteiger partial charge in [-0.3, -0.25) is 14.5 Å². The van der Waals surface area contributed by atoms with Gasteiger partial charge < -0.3 is 15.0 Å². The Balaban J connectivity index is 1.67. The van der Waals surface area contributed by atoms with E-state index in [0.717, 1.165) is 18.4 Å². The maximum Gasteiger partial charge on any atom is 0.420 e. The first kappa shape index (κ1) is 29.8. The largest absolute Gasteiger partial charge is 0.420 e. The summed E-state index contributed by atoms with van der Waals surface area (Å²) >= 11 is 0. The number of amides is 2. The first-order valence-corrected chi connectivity index (χ1v) is 13.9. The Kier molecular flexibility index (Phi) is 7.71. The highest BCUT2D eigenvalue weighted by molar-refractivity contribution is 7.90. The number of carbonyl (C=O) groups excluding carboxylic acids is 2. The second kappa shape index (κ2) is 10.3. The molecule has 2 aromatic carbocycles. The van der Waals surface area contributed by atoms with Gasteiger partial charge in [-0.1, -0.05) is 18.2 Å². The minimum absolute atomic E-state index is 0.00974. The molecule has 1 unspecified atom stereocenters. The Morgan fingerprint density at radius 1 is 0.950 bits per heavy atom. The summed E-state index contributed by atoms with van der Waals surface area (Å²) in [5, 5.41) is 2.44. The average Bonchev–Trinajstić information content (AvgIpc) is 3.23. The van der Waals surface area contributed by atoms with Gasteiger partial charge in [0.1, 0.15) is 6.04 Å². The Hall–Kier alpha value is -3.17. The lowest BCUT2D eigenvalue weighted by molar-refractivity contribution is -0.353. The van der Waals surface area contributed by atoms with Crippen LogP contribution < -0.4 is 5.32 Å². The molecule has 2 heterocycles. The molecular formula is C25H25F6N3O5S. The van der Waals surface area contributed by atoms with Gasteiger partial charge in [0.05, 0.1) is 18.1 Å². The van der Waals surface area contributed by atoms with Gasteiger partial charge >= 0.3 is 12.4 Å². The van der Waals surface area contributed by atoms with Crippen molar-refractivity contribution in [1.29, 1.82) is 0 Å². The molecule has 0 spiro atoms. The van der Waals surface area contributed by atoms with Crippen LogP contribution in [0.15, 0.2) is 47.4 Å². The van der Waals surface area contributed by atoms with E-state index in [-0.39, 0.29) is 30.3 Å². The number of ether oxygens (including phenoxy) is 1. The quantitative estimate of drug-likeness (QED) is 0.531. The highest BCUT2D eigenvalue weighted by atomic mass is 32.2. The zero-order valence-corrected chi connectivity index (χ0v) is 22.1.